The number of nitrogens with one attached hydrogen (secondary N) is 2. The van der Waals surface area contributed by atoms with E-state index in [0.29, 0.717) is 25.3 Å². The Labute approximate surface area is 201 Å². The first kappa shape index (κ1) is 24.2. The molecular formula is C22H29FN6O4S. The van der Waals surface area contributed by atoms with Crippen LogP contribution < -0.4 is 25.8 Å². The highest BCUT2D eigenvalue weighted by Gasteiger charge is 2.23. The Morgan fingerprint density at radius 2 is 2.09 bits per heavy atom. The second-order valence-electron chi connectivity index (χ2n) is 8.37. The molecule has 12 heteroatoms. The minimum atomic E-state index is -0.799. The van der Waals surface area contributed by atoms with Crippen LogP contribution in [0.4, 0.5) is 14.2 Å². The van der Waals surface area contributed by atoms with Crippen LogP contribution in [0.15, 0.2) is 12.1 Å². The number of anilines is 1. The summed E-state index contributed by atoms with van der Waals surface area (Å²) in [6.45, 7) is 5.90. The van der Waals surface area contributed by atoms with Crippen LogP contribution in [0.3, 0.4) is 0 Å². The van der Waals surface area contributed by atoms with Gasteiger partial charge in [-0.1, -0.05) is 0 Å². The molecule has 0 atom stereocenters. The summed E-state index contributed by atoms with van der Waals surface area (Å²) < 4.78 is 29.5. The first-order valence-corrected chi connectivity index (χ1v) is 12.0. The molecule has 0 saturated carbocycles. The summed E-state index contributed by atoms with van der Waals surface area (Å²) in [6.07, 6.45) is 1.48. The lowest BCUT2D eigenvalue weighted by Gasteiger charge is -2.32. The third-order valence-electron chi connectivity index (χ3n) is 5.89. The predicted molar refractivity (Wildman–Crippen MR) is 126 cm³/mol. The molecule has 0 radical (unpaired) electrons. The quantitative estimate of drug-likeness (QED) is 0.455. The number of amides is 3. The van der Waals surface area contributed by atoms with Crippen LogP contribution >= 0.6 is 11.5 Å². The number of likely N-dealkylation sites (N-methyl/N-ethyl adjacent to an activating group) is 1. The molecule has 4 rings (SSSR count). The standard InChI is InChI=1S/C22H29FN6O4S/c1-28-6-8-29(9-7-28)5-2-4-25-22(31)26-21-18(19(24)30)20(27-34-21)33-13-15-12-17-14(3-10-32-17)11-16(15)23/h11-12H,2-10,13H2,1H3,(H2,24,30)(H2,25,26,31). The highest BCUT2D eigenvalue weighted by atomic mass is 32.1. The molecule has 0 spiro atoms. The normalized spacial score (nSPS) is 16.1. The summed E-state index contributed by atoms with van der Waals surface area (Å²) in [5.74, 6) is -0.648. The first-order valence-electron chi connectivity index (χ1n) is 11.2. The Hall–Kier alpha value is -2.96. The maximum atomic E-state index is 14.4. The molecule has 1 aromatic heterocycles. The number of hydrogen-bond donors (Lipinski definition) is 3. The molecule has 0 bridgehead atoms. The second-order valence-corrected chi connectivity index (χ2v) is 9.15. The summed E-state index contributed by atoms with van der Waals surface area (Å²) in [4.78, 5) is 29.0. The van der Waals surface area contributed by atoms with Gasteiger partial charge in [0.05, 0.1) is 6.61 Å². The highest BCUT2D eigenvalue weighted by molar-refractivity contribution is 7.11. The van der Waals surface area contributed by atoms with Crippen molar-refractivity contribution in [3.8, 4) is 11.6 Å². The number of rotatable bonds is 9. The fourth-order valence-electron chi connectivity index (χ4n) is 3.89. The Morgan fingerprint density at radius 3 is 2.85 bits per heavy atom. The van der Waals surface area contributed by atoms with Gasteiger partial charge < -0.3 is 30.3 Å². The third kappa shape index (κ3) is 5.93. The molecule has 3 amide bonds. The van der Waals surface area contributed by atoms with Crippen LogP contribution in [0.2, 0.25) is 0 Å². The van der Waals surface area contributed by atoms with E-state index in [1.165, 1.54) is 6.07 Å². The summed E-state index contributed by atoms with van der Waals surface area (Å²) in [5.41, 5.74) is 6.54. The maximum Gasteiger partial charge on any atom is 0.319 e. The van der Waals surface area contributed by atoms with Crippen LogP contribution in [0.1, 0.15) is 27.9 Å². The van der Waals surface area contributed by atoms with Crippen LogP contribution in [0, 0.1) is 5.82 Å². The van der Waals surface area contributed by atoms with E-state index < -0.39 is 17.8 Å². The second kappa shape index (κ2) is 11.0. The van der Waals surface area contributed by atoms with Gasteiger partial charge in [0.1, 0.15) is 28.7 Å². The van der Waals surface area contributed by atoms with Gasteiger partial charge in [0, 0.05) is 50.3 Å². The molecule has 1 saturated heterocycles. The molecule has 3 heterocycles. The van der Waals surface area contributed by atoms with Crippen molar-refractivity contribution in [2.24, 2.45) is 5.73 Å². The smallest absolute Gasteiger partial charge is 0.319 e. The molecular weight excluding hydrogens is 463 g/mol. The summed E-state index contributed by atoms with van der Waals surface area (Å²) in [7, 11) is 2.11. The highest BCUT2D eigenvalue weighted by Crippen LogP contribution is 2.32. The lowest BCUT2D eigenvalue weighted by Crippen LogP contribution is -2.45. The molecule has 4 N–H and O–H groups in total. The number of hydrogen-bond acceptors (Lipinski definition) is 8. The van der Waals surface area contributed by atoms with E-state index in [-0.39, 0.29) is 28.6 Å². The van der Waals surface area contributed by atoms with E-state index in [2.05, 4.69) is 31.9 Å². The van der Waals surface area contributed by atoms with Gasteiger partial charge in [-0.25, -0.2) is 9.18 Å². The van der Waals surface area contributed by atoms with Crippen molar-refractivity contribution in [1.82, 2.24) is 19.5 Å². The molecule has 0 unspecified atom stereocenters. The van der Waals surface area contributed by atoms with Crippen molar-refractivity contribution in [3.63, 3.8) is 0 Å². The molecule has 2 aliphatic heterocycles. The lowest BCUT2D eigenvalue weighted by molar-refractivity contribution is 0.0996. The first-order chi connectivity index (χ1) is 16.4. The SMILES string of the molecule is CN1CCN(CCCNC(=O)Nc2snc(OCc3cc4c(cc3F)CCO4)c2C(N)=O)CC1. The Bertz CT molecular complexity index is 1040. The molecule has 184 valence electrons. The number of carbonyl (C=O) groups is 2. The number of benzene rings is 1. The number of urea groups is 1. The molecule has 0 aliphatic carbocycles. The van der Waals surface area contributed by atoms with Gasteiger partial charge >= 0.3 is 6.03 Å². The number of nitrogens with zero attached hydrogens (tertiary/aromatic N) is 3. The average molecular weight is 493 g/mol. The number of primary amides is 1. The summed E-state index contributed by atoms with van der Waals surface area (Å²) >= 11 is 0.875. The zero-order valence-corrected chi connectivity index (χ0v) is 19.9. The van der Waals surface area contributed by atoms with Gasteiger partial charge in [-0.15, -0.1) is 0 Å². The zero-order chi connectivity index (χ0) is 24.1. The number of aromatic nitrogens is 1. The van der Waals surface area contributed by atoms with Gasteiger partial charge in [0.25, 0.3) is 5.91 Å². The third-order valence-corrected chi connectivity index (χ3v) is 6.64. The predicted octanol–water partition coefficient (Wildman–Crippen LogP) is 1.65. The van der Waals surface area contributed by atoms with E-state index in [0.717, 1.165) is 56.2 Å². The van der Waals surface area contributed by atoms with Crippen molar-refractivity contribution in [2.45, 2.75) is 19.4 Å². The maximum absolute atomic E-state index is 14.4. The van der Waals surface area contributed by atoms with E-state index in [9.17, 15) is 14.0 Å². The van der Waals surface area contributed by atoms with Crippen LogP contribution in [0.25, 0.3) is 0 Å². The van der Waals surface area contributed by atoms with Crippen LogP contribution in [-0.4, -0.2) is 79.0 Å². The van der Waals surface area contributed by atoms with Crippen molar-refractivity contribution in [1.29, 1.82) is 0 Å². The van der Waals surface area contributed by atoms with Crippen LogP contribution in [-0.2, 0) is 13.0 Å². The molecule has 34 heavy (non-hydrogen) atoms. The van der Waals surface area contributed by atoms with Crippen molar-refractivity contribution in [3.05, 3.63) is 34.6 Å². The fourth-order valence-corrected chi connectivity index (χ4v) is 4.63. The Balaban J connectivity index is 1.29. The number of ether oxygens (including phenoxy) is 2. The number of piperazine rings is 1. The van der Waals surface area contributed by atoms with Crippen molar-refractivity contribution >= 4 is 28.5 Å². The summed E-state index contributed by atoms with van der Waals surface area (Å²) in [6, 6.07) is 2.55. The van der Waals surface area contributed by atoms with Gasteiger partial charge in [0.15, 0.2) is 0 Å². The topological polar surface area (TPSA) is 122 Å². The van der Waals surface area contributed by atoms with E-state index >= 15 is 0 Å². The Kier molecular flexibility index (Phi) is 7.80. The van der Waals surface area contributed by atoms with Gasteiger partial charge in [-0.05, 0) is 43.7 Å². The van der Waals surface area contributed by atoms with Crippen molar-refractivity contribution < 1.29 is 23.5 Å². The van der Waals surface area contributed by atoms with Gasteiger partial charge in [-0.2, -0.15) is 4.37 Å². The van der Waals surface area contributed by atoms with E-state index in [4.69, 9.17) is 15.2 Å². The van der Waals surface area contributed by atoms with Crippen LogP contribution in [0.5, 0.6) is 11.6 Å². The minimum absolute atomic E-state index is 0.0459. The molecule has 2 aromatic rings. The zero-order valence-electron chi connectivity index (χ0n) is 19.1. The largest absolute Gasteiger partial charge is 0.493 e. The van der Waals surface area contributed by atoms with Gasteiger partial charge in [0.2, 0.25) is 5.88 Å². The summed E-state index contributed by atoms with van der Waals surface area (Å²) in [5, 5.41) is 5.57. The number of halogens is 1. The number of carbonyl (C=O) groups excluding carboxylic acids is 2. The van der Waals surface area contributed by atoms with E-state index in [1.54, 1.807) is 6.07 Å². The average Bonchev–Trinajstić information content (AvgIpc) is 3.42. The Morgan fingerprint density at radius 1 is 1.29 bits per heavy atom. The monoisotopic (exact) mass is 492 g/mol. The molecule has 2 aliphatic rings. The minimum Gasteiger partial charge on any atom is -0.493 e. The molecule has 1 fully saturated rings. The van der Waals surface area contributed by atoms with E-state index in [1.807, 2.05) is 0 Å². The molecule has 10 nitrogen and oxygen atoms in total. The fraction of sp³-hybridized carbons (Fsp3) is 0.500. The number of fused-ring (bicyclic) bond motifs is 1. The lowest BCUT2D eigenvalue weighted by atomic mass is 10.1. The molecule has 1 aromatic carbocycles. The van der Waals surface area contributed by atoms with Crippen molar-refractivity contribution in [2.75, 3.05) is 58.2 Å². The van der Waals surface area contributed by atoms with Gasteiger partial charge in [-0.3, -0.25) is 10.1 Å². The number of nitrogens with two attached hydrogens (primary N) is 1.